The van der Waals surface area contributed by atoms with E-state index in [1.807, 2.05) is 54.6 Å². The number of ether oxygens (including phenoxy) is 3. The highest BCUT2D eigenvalue weighted by Gasteiger charge is 2.44. The van der Waals surface area contributed by atoms with Crippen LogP contribution in [-0.2, 0) is 34.0 Å². The first-order chi connectivity index (χ1) is 20.4. The van der Waals surface area contributed by atoms with Crippen LogP contribution in [0.5, 0.6) is 0 Å². The Morgan fingerprint density at radius 1 is 0.690 bits per heavy atom. The Morgan fingerprint density at radius 3 is 1.79 bits per heavy atom. The minimum absolute atomic E-state index is 0.159. The van der Waals surface area contributed by atoms with Crippen LogP contribution in [0.2, 0.25) is 25.7 Å². The van der Waals surface area contributed by atoms with E-state index < -0.39 is 20.3 Å². The lowest BCUT2D eigenvalue weighted by Crippen LogP contribution is -2.64. The average Bonchev–Trinajstić information content (AvgIpc) is 2.99. The Labute approximate surface area is 254 Å². The van der Waals surface area contributed by atoms with E-state index in [4.69, 9.17) is 14.2 Å². The molecule has 3 aromatic carbocycles. The molecule has 0 unspecified atom stereocenters. The quantitative estimate of drug-likeness (QED) is 0.132. The molecule has 228 valence electrons. The number of aliphatic hydroxyl groups excluding tert-OH is 1. The summed E-state index contributed by atoms with van der Waals surface area (Å²) in [6.45, 7) is 10.9. The number of hydrogen-bond donors (Lipinski definition) is 1. The minimum Gasteiger partial charge on any atom is -0.389 e. The zero-order valence-corrected chi connectivity index (χ0v) is 26.9. The third kappa shape index (κ3) is 11.1. The number of piperidine rings is 1. The molecular formula is C36H51NO4Si. The number of rotatable bonds is 17. The van der Waals surface area contributed by atoms with Crippen molar-refractivity contribution in [2.45, 2.75) is 95.5 Å². The normalized spacial score (nSPS) is 21.4. The summed E-state index contributed by atoms with van der Waals surface area (Å²) in [4.78, 5) is 2.40. The van der Waals surface area contributed by atoms with Gasteiger partial charge in [-0.25, -0.2) is 0 Å². The minimum atomic E-state index is -0.990. The molecule has 1 heterocycles. The highest BCUT2D eigenvalue weighted by Crippen LogP contribution is 2.27. The highest BCUT2D eigenvalue weighted by atomic mass is 28.3. The largest absolute Gasteiger partial charge is 0.389 e. The van der Waals surface area contributed by atoms with Gasteiger partial charge in [-0.05, 0) is 29.7 Å². The maximum atomic E-state index is 11.9. The van der Waals surface area contributed by atoms with Gasteiger partial charge < -0.3 is 19.3 Å². The molecular weight excluding hydrogens is 538 g/mol. The average molecular weight is 590 g/mol. The molecule has 1 saturated heterocycles. The van der Waals surface area contributed by atoms with E-state index in [0.29, 0.717) is 33.0 Å². The molecule has 0 radical (unpaired) electrons. The first kappa shape index (κ1) is 32.6. The highest BCUT2D eigenvalue weighted by molar-refractivity contribution is 6.76. The molecule has 5 nitrogen and oxygen atoms in total. The van der Waals surface area contributed by atoms with Crippen LogP contribution in [0.15, 0.2) is 91.0 Å². The summed E-state index contributed by atoms with van der Waals surface area (Å²) in [6, 6.07) is 31.9. The number of benzene rings is 3. The van der Waals surface area contributed by atoms with Crippen LogP contribution in [0.1, 0.15) is 42.4 Å². The van der Waals surface area contributed by atoms with E-state index in [1.165, 1.54) is 25.3 Å². The molecule has 1 fully saturated rings. The molecule has 3 aromatic rings. The Balaban J connectivity index is 1.44. The SMILES string of the molecule is C[Si](C)(C)CCCCCCN1C[C@H](OCc2ccccc2)[C@@H](OCc2ccccc2)[C@H](O)[C@H]1COCc1ccccc1. The van der Waals surface area contributed by atoms with Crippen molar-refractivity contribution in [3.05, 3.63) is 108 Å². The smallest absolute Gasteiger partial charge is 0.113 e. The van der Waals surface area contributed by atoms with Crippen molar-refractivity contribution in [2.24, 2.45) is 0 Å². The molecule has 4 atom stereocenters. The van der Waals surface area contributed by atoms with E-state index in [0.717, 1.165) is 29.7 Å². The molecule has 0 aromatic heterocycles. The summed E-state index contributed by atoms with van der Waals surface area (Å²) in [6.07, 6.45) is 3.47. The molecule has 0 aliphatic carbocycles. The van der Waals surface area contributed by atoms with E-state index in [9.17, 15) is 5.11 Å². The molecule has 0 amide bonds. The third-order valence-electron chi connectivity index (χ3n) is 8.10. The van der Waals surface area contributed by atoms with Crippen LogP contribution in [0.4, 0.5) is 0 Å². The number of unbranched alkanes of at least 4 members (excludes halogenated alkanes) is 3. The summed E-state index contributed by atoms with van der Waals surface area (Å²) in [5, 5.41) is 11.9. The molecule has 1 N–H and O–H groups in total. The number of aliphatic hydroxyl groups is 1. The predicted octanol–water partition coefficient (Wildman–Crippen LogP) is 7.32. The fraction of sp³-hybridized carbons (Fsp3) is 0.500. The van der Waals surface area contributed by atoms with Crippen molar-refractivity contribution in [1.82, 2.24) is 4.90 Å². The van der Waals surface area contributed by atoms with Gasteiger partial charge in [0.25, 0.3) is 0 Å². The van der Waals surface area contributed by atoms with Gasteiger partial charge in [0, 0.05) is 14.6 Å². The Bertz CT molecular complexity index is 1130. The van der Waals surface area contributed by atoms with Gasteiger partial charge in [0.2, 0.25) is 0 Å². The van der Waals surface area contributed by atoms with Crippen molar-refractivity contribution >= 4 is 8.07 Å². The number of hydrogen-bond acceptors (Lipinski definition) is 5. The van der Waals surface area contributed by atoms with Gasteiger partial charge in [0.1, 0.15) is 12.2 Å². The lowest BCUT2D eigenvalue weighted by atomic mass is 9.93. The van der Waals surface area contributed by atoms with Gasteiger partial charge in [0.15, 0.2) is 0 Å². The molecule has 42 heavy (non-hydrogen) atoms. The van der Waals surface area contributed by atoms with Gasteiger partial charge in [-0.3, -0.25) is 4.90 Å². The van der Waals surface area contributed by atoms with Crippen molar-refractivity contribution in [1.29, 1.82) is 0 Å². The lowest BCUT2D eigenvalue weighted by Gasteiger charge is -2.46. The summed E-state index contributed by atoms with van der Waals surface area (Å²) in [5.41, 5.74) is 3.35. The lowest BCUT2D eigenvalue weighted by molar-refractivity contribution is -0.193. The van der Waals surface area contributed by atoms with Gasteiger partial charge in [0.05, 0.1) is 38.6 Å². The zero-order valence-electron chi connectivity index (χ0n) is 25.9. The fourth-order valence-electron chi connectivity index (χ4n) is 5.68. The van der Waals surface area contributed by atoms with Crippen LogP contribution in [0.25, 0.3) is 0 Å². The van der Waals surface area contributed by atoms with E-state index >= 15 is 0 Å². The van der Waals surface area contributed by atoms with Gasteiger partial charge in [-0.15, -0.1) is 0 Å². The topological polar surface area (TPSA) is 51.2 Å². The molecule has 0 spiro atoms. The van der Waals surface area contributed by atoms with Crippen molar-refractivity contribution < 1.29 is 19.3 Å². The second-order valence-electron chi connectivity index (χ2n) is 12.9. The van der Waals surface area contributed by atoms with Gasteiger partial charge in [-0.2, -0.15) is 0 Å². The monoisotopic (exact) mass is 589 g/mol. The van der Waals surface area contributed by atoms with Crippen LogP contribution >= 0.6 is 0 Å². The molecule has 4 rings (SSSR count). The number of likely N-dealkylation sites (tertiary alicyclic amines) is 1. The van der Waals surface area contributed by atoms with Crippen molar-refractivity contribution in [3.63, 3.8) is 0 Å². The molecule has 6 heteroatoms. The third-order valence-corrected chi connectivity index (χ3v) is 9.95. The predicted molar refractivity (Wildman–Crippen MR) is 174 cm³/mol. The number of nitrogens with zero attached hydrogens (tertiary/aromatic N) is 1. The van der Waals surface area contributed by atoms with Crippen LogP contribution < -0.4 is 0 Å². The van der Waals surface area contributed by atoms with Crippen LogP contribution in [-0.4, -0.2) is 62.1 Å². The van der Waals surface area contributed by atoms with Gasteiger partial charge >= 0.3 is 0 Å². The second kappa shape index (κ2) is 17.1. The Morgan fingerprint density at radius 2 is 1.21 bits per heavy atom. The fourth-order valence-corrected chi connectivity index (χ4v) is 6.99. The second-order valence-corrected chi connectivity index (χ2v) is 18.5. The standard InChI is InChI=1S/C36H51NO4Si/c1-42(2,3)24-16-5-4-15-23-37-25-34(40-27-31-19-11-7-12-20-31)36(41-28-32-21-13-8-14-22-32)35(38)33(37)29-39-26-30-17-9-6-10-18-30/h6-14,17-22,33-36,38H,4-5,15-16,23-29H2,1-3H3/t33-,34+,35-,36-/m1/s1. The maximum Gasteiger partial charge on any atom is 0.113 e. The molecule has 0 bridgehead atoms. The molecule has 0 saturated carbocycles. The molecule has 1 aliphatic rings. The van der Waals surface area contributed by atoms with Gasteiger partial charge in [-0.1, -0.05) is 136 Å². The van der Waals surface area contributed by atoms with E-state index in [1.54, 1.807) is 0 Å². The van der Waals surface area contributed by atoms with E-state index in [-0.39, 0.29) is 12.1 Å². The first-order valence-corrected chi connectivity index (χ1v) is 19.4. The summed E-state index contributed by atoms with van der Waals surface area (Å²) in [5.74, 6) is 0. The van der Waals surface area contributed by atoms with Crippen molar-refractivity contribution in [3.8, 4) is 0 Å². The zero-order chi connectivity index (χ0) is 29.6. The first-order valence-electron chi connectivity index (χ1n) is 15.7. The van der Waals surface area contributed by atoms with E-state index in [2.05, 4.69) is 60.9 Å². The summed E-state index contributed by atoms with van der Waals surface area (Å²) >= 11 is 0. The summed E-state index contributed by atoms with van der Waals surface area (Å²) in [7, 11) is -0.990. The summed E-state index contributed by atoms with van der Waals surface area (Å²) < 4.78 is 19.2. The van der Waals surface area contributed by atoms with Crippen molar-refractivity contribution in [2.75, 3.05) is 19.7 Å². The Kier molecular flexibility index (Phi) is 13.3. The van der Waals surface area contributed by atoms with Crippen LogP contribution in [0, 0.1) is 0 Å². The van der Waals surface area contributed by atoms with Crippen LogP contribution in [0.3, 0.4) is 0 Å². The Hall–Kier alpha value is -2.32. The maximum absolute atomic E-state index is 11.9. The molecule has 1 aliphatic heterocycles.